The Kier molecular flexibility index (Phi) is 5.26. The minimum atomic E-state index is -0.224. The second kappa shape index (κ2) is 6.48. The van der Waals surface area contributed by atoms with E-state index in [2.05, 4.69) is 22.5 Å². The number of rotatable bonds is 5. The van der Waals surface area contributed by atoms with E-state index in [1.54, 1.807) is 13.0 Å². The molecule has 1 unspecified atom stereocenters. The summed E-state index contributed by atoms with van der Waals surface area (Å²) in [7, 11) is 0. The van der Waals surface area contributed by atoms with E-state index in [0.29, 0.717) is 12.8 Å². The molecule has 0 aliphatic heterocycles. The van der Waals surface area contributed by atoms with Gasteiger partial charge in [0.15, 0.2) is 0 Å². The Balaban J connectivity index is 2.80. The van der Waals surface area contributed by atoms with Crippen molar-refractivity contribution in [3.8, 4) is 0 Å². The molecule has 0 spiro atoms. The number of ether oxygens (including phenoxy) is 1. The molecule has 0 radical (unpaired) electrons. The van der Waals surface area contributed by atoms with Crippen LogP contribution in [0.15, 0.2) is 41.4 Å². The smallest absolute Gasteiger partial charge is 0.306 e. The molecule has 1 atom stereocenters. The molecule has 0 saturated heterocycles. The fourth-order valence-electron chi connectivity index (χ4n) is 1.32. The molecule has 0 aliphatic rings. The van der Waals surface area contributed by atoms with Gasteiger partial charge in [-0.3, -0.25) is 4.79 Å². The van der Waals surface area contributed by atoms with Crippen LogP contribution in [0.25, 0.3) is 0 Å². The van der Waals surface area contributed by atoms with Gasteiger partial charge in [0.1, 0.15) is 6.10 Å². The molecule has 0 fully saturated rings. The van der Waals surface area contributed by atoms with Crippen LogP contribution in [0.2, 0.25) is 0 Å². The molecule has 0 saturated carbocycles. The Bertz CT molecular complexity index is 357. The largest absolute Gasteiger partial charge is 0.457 e. The molecule has 1 aromatic rings. The van der Waals surface area contributed by atoms with Crippen LogP contribution in [0, 0.1) is 0 Å². The van der Waals surface area contributed by atoms with Crippen LogP contribution in [0.3, 0.4) is 0 Å². The Morgan fingerprint density at radius 1 is 1.50 bits per heavy atom. The quantitative estimate of drug-likeness (QED) is 0.602. The first-order valence-electron chi connectivity index (χ1n) is 5.23. The Morgan fingerprint density at radius 3 is 2.62 bits per heavy atom. The van der Waals surface area contributed by atoms with E-state index >= 15 is 0 Å². The van der Waals surface area contributed by atoms with Crippen LogP contribution >= 0.6 is 15.9 Å². The van der Waals surface area contributed by atoms with Gasteiger partial charge >= 0.3 is 5.97 Å². The molecule has 0 aliphatic carbocycles. The molecular formula is C13H15BrO2. The summed E-state index contributed by atoms with van der Waals surface area (Å²) in [5.74, 6) is -0.185. The Labute approximate surface area is 104 Å². The summed E-state index contributed by atoms with van der Waals surface area (Å²) < 4.78 is 6.35. The highest BCUT2D eigenvalue weighted by Gasteiger charge is 2.13. The lowest BCUT2D eigenvalue weighted by atomic mass is 10.1. The first-order valence-corrected chi connectivity index (χ1v) is 6.02. The van der Waals surface area contributed by atoms with Gasteiger partial charge in [-0.15, -0.1) is 6.58 Å². The minimum Gasteiger partial charge on any atom is -0.457 e. The summed E-state index contributed by atoms with van der Waals surface area (Å²) in [5, 5.41) is 0. The monoisotopic (exact) mass is 282 g/mol. The second-order valence-electron chi connectivity index (χ2n) is 3.41. The predicted molar refractivity (Wildman–Crippen MR) is 68.1 cm³/mol. The highest BCUT2D eigenvalue weighted by Crippen LogP contribution is 2.23. The van der Waals surface area contributed by atoms with E-state index in [-0.39, 0.29) is 12.1 Å². The third kappa shape index (κ3) is 3.81. The van der Waals surface area contributed by atoms with Crippen molar-refractivity contribution >= 4 is 21.9 Å². The topological polar surface area (TPSA) is 26.3 Å². The summed E-state index contributed by atoms with van der Waals surface area (Å²) in [4.78, 5) is 11.3. The summed E-state index contributed by atoms with van der Waals surface area (Å²) in [6.07, 6.45) is 2.56. The molecular weight excluding hydrogens is 268 g/mol. The van der Waals surface area contributed by atoms with Crippen LogP contribution in [0.4, 0.5) is 0 Å². The molecule has 86 valence electrons. The number of halogens is 1. The van der Waals surface area contributed by atoms with Gasteiger partial charge in [-0.2, -0.15) is 0 Å². The molecule has 16 heavy (non-hydrogen) atoms. The summed E-state index contributed by atoms with van der Waals surface area (Å²) in [6, 6.07) is 7.76. The number of hydrogen-bond acceptors (Lipinski definition) is 2. The lowest BCUT2D eigenvalue weighted by Crippen LogP contribution is -2.09. The minimum absolute atomic E-state index is 0.185. The lowest BCUT2D eigenvalue weighted by Gasteiger charge is -2.16. The van der Waals surface area contributed by atoms with E-state index < -0.39 is 0 Å². The van der Waals surface area contributed by atoms with Gasteiger partial charge in [-0.25, -0.2) is 0 Å². The van der Waals surface area contributed by atoms with Gasteiger partial charge in [0.25, 0.3) is 0 Å². The molecule has 0 aromatic heterocycles. The van der Waals surface area contributed by atoms with E-state index in [4.69, 9.17) is 4.74 Å². The SMILES string of the molecule is C=CCC(OC(=O)CC)c1ccc(Br)cc1. The van der Waals surface area contributed by atoms with Gasteiger partial charge < -0.3 is 4.74 Å². The third-order valence-electron chi connectivity index (χ3n) is 2.18. The highest BCUT2D eigenvalue weighted by molar-refractivity contribution is 9.10. The predicted octanol–water partition coefficient (Wildman–Crippen LogP) is 4.02. The summed E-state index contributed by atoms with van der Waals surface area (Å²) in [6.45, 7) is 5.46. The Morgan fingerprint density at radius 2 is 2.12 bits per heavy atom. The van der Waals surface area contributed by atoms with E-state index in [9.17, 15) is 4.79 Å². The zero-order valence-corrected chi connectivity index (χ0v) is 10.9. The van der Waals surface area contributed by atoms with E-state index in [0.717, 1.165) is 10.0 Å². The zero-order chi connectivity index (χ0) is 12.0. The Hall–Kier alpha value is -1.09. The molecule has 0 bridgehead atoms. The fraction of sp³-hybridized carbons (Fsp3) is 0.308. The summed E-state index contributed by atoms with van der Waals surface area (Å²) >= 11 is 3.37. The standard InChI is InChI=1S/C13H15BrO2/c1-3-5-12(16-13(15)4-2)10-6-8-11(14)9-7-10/h3,6-9,12H,1,4-5H2,2H3. The van der Waals surface area contributed by atoms with Crippen LogP contribution < -0.4 is 0 Å². The first kappa shape index (κ1) is 13.0. The van der Waals surface area contributed by atoms with Crippen molar-refractivity contribution in [1.82, 2.24) is 0 Å². The van der Waals surface area contributed by atoms with Crippen molar-refractivity contribution in [2.24, 2.45) is 0 Å². The molecule has 1 rings (SSSR count). The molecule has 3 heteroatoms. The maximum absolute atomic E-state index is 11.3. The van der Waals surface area contributed by atoms with Crippen LogP contribution in [0.1, 0.15) is 31.4 Å². The second-order valence-corrected chi connectivity index (χ2v) is 4.32. The average Bonchev–Trinajstić information content (AvgIpc) is 2.29. The van der Waals surface area contributed by atoms with Gasteiger partial charge in [-0.05, 0) is 17.7 Å². The number of esters is 1. The van der Waals surface area contributed by atoms with Gasteiger partial charge in [0, 0.05) is 17.3 Å². The van der Waals surface area contributed by atoms with Gasteiger partial charge in [0.05, 0.1) is 0 Å². The molecule has 2 nitrogen and oxygen atoms in total. The molecule has 0 amide bonds. The van der Waals surface area contributed by atoms with E-state index in [1.165, 1.54) is 0 Å². The zero-order valence-electron chi connectivity index (χ0n) is 9.28. The fourth-order valence-corrected chi connectivity index (χ4v) is 1.59. The van der Waals surface area contributed by atoms with Crippen molar-refractivity contribution in [3.05, 3.63) is 47.0 Å². The molecule has 0 heterocycles. The maximum Gasteiger partial charge on any atom is 0.306 e. The maximum atomic E-state index is 11.3. The number of hydrogen-bond donors (Lipinski definition) is 0. The van der Waals surface area contributed by atoms with Crippen molar-refractivity contribution in [3.63, 3.8) is 0 Å². The van der Waals surface area contributed by atoms with E-state index in [1.807, 2.05) is 24.3 Å². The average molecular weight is 283 g/mol. The van der Waals surface area contributed by atoms with Crippen molar-refractivity contribution in [2.75, 3.05) is 0 Å². The third-order valence-corrected chi connectivity index (χ3v) is 2.71. The van der Waals surface area contributed by atoms with Crippen molar-refractivity contribution in [1.29, 1.82) is 0 Å². The molecule has 1 aromatic carbocycles. The van der Waals surface area contributed by atoms with Crippen LogP contribution in [0.5, 0.6) is 0 Å². The van der Waals surface area contributed by atoms with Crippen molar-refractivity contribution in [2.45, 2.75) is 25.9 Å². The first-order chi connectivity index (χ1) is 7.67. The van der Waals surface area contributed by atoms with Gasteiger partial charge in [0.2, 0.25) is 0 Å². The normalized spacial score (nSPS) is 11.9. The summed E-state index contributed by atoms with van der Waals surface area (Å²) in [5.41, 5.74) is 0.991. The van der Waals surface area contributed by atoms with Gasteiger partial charge in [-0.1, -0.05) is 41.1 Å². The lowest BCUT2D eigenvalue weighted by molar-refractivity contribution is -0.148. The van der Waals surface area contributed by atoms with Crippen LogP contribution in [-0.2, 0) is 9.53 Å². The number of carbonyl (C=O) groups excluding carboxylic acids is 1. The number of carbonyl (C=O) groups is 1. The molecule has 0 N–H and O–H groups in total. The van der Waals surface area contributed by atoms with Crippen LogP contribution in [-0.4, -0.2) is 5.97 Å². The number of benzene rings is 1. The highest BCUT2D eigenvalue weighted by atomic mass is 79.9. The van der Waals surface area contributed by atoms with Crippen molar-refractivity contribution < 1.29 is 9.53 Å².